The van der Waals surface area contributed by atoms with Crippen molar-refractivity contribution in [3.8, 4) is 6.07 Å². The number of aryl methyl sites for hydroxylation is 1. The zero-order chi connectivity index (χ0) is 22.0. The molecule has 4 rings (SSSR count). The monoisotopic (exact) mass is 440 g/mol. The molecule has 0 bridgehead atoms. The Morgan fingerprint density at radius 2 is 2.10 bits per heavy atom. The van der Waals surface area contributed by atoms with Gasteiger partial charge in [0.1, 0.15) is 6.04 Å². The zero-order valence-corrected chi connectivity index (χ0v) is 18.3. The number of hydrogen-bond donors (Lipinski definition) is 0. The minimum absolute atomic E-state index is 0.146. The number of carbonyl (C=O) groups is 2. The number of amides is 2. The molecule has 1 aromatic heterocycles. The van der Waals surface area contributed by atoms with Crippen molar-refractivity contribution in [2.24, 2.45) is 0 Å². The molecule has 1 unspecified atom stereocenters. The fourth-order valence-electron chi connectivity index (χ4n) is 4.25. The number of nitriles is 1. The number of halogens is 1. The Labute approximate surface area is 186 Å². The zero-order valence-electron chi connectivity index (χ0n) is 17.6. The maximum Gasteiger partial charge on any atom is 0.410 e. The fraction of sp³-hybridized carbons (Fsp3) is 0.478. The van der Waals surface area contributed by atoms with Crippen LogP contribution >= 0.6 is 11.6 Å². The van der Waals surface area contributed by atoms with Crippen LogP contribution in [0.4, 0.5) is 4.79 Å². The van der Waals surface area contributed by atoms with Crippen molar-refractivity contribution in [3.63, 3.8) is 0 Å². The van der Waals surface area contributed by atoms with Crippen molar-refractivity contribution in [1.29, 1.82) is 5.26 Å². The van der Waals surface area contributed by atoms with E-state index in [2.05, 4.69) is 6.07 Å². The number of benzene rings is 1. The van der Waals surface area contributed by atoms with Gasteiger partial charge in [0.2, 0.25) is 0 Å². The van der Waals surface area contributed by atoms with E-state index in [0.717, 1.165) is 52.9 Å². The van der Waals surface area contributed by atoms with E-state index < -0.39 is 12.1 Å². The Kier molecular flexibility index (Phi) is 6.28. The highest BCUT2D eigenvalue weighted by Gasteiger charge is 2.34. The highest BCUT2D eigenvalue weighted by molar-refractivity contribution is 6.36. The van der Waals surface area contributed by atoms with Crippen LogP contribution in [0.1, 0.15) is 47.8 Å². The second kappa shape index (κ2) is 9.11. The van der Waals surface area contributed by atoms with Crippen molar-refractivity contribution in [2.75, 3.05) is 26.2 Å². The van der Waals surface area contributed by atoms with E-state index in [9.17, 15) is 14.9 Å². The molecule has 162 valence electrons. The predicted molar refractivity (Wildman–Crippen MR) is 117 cm³/mol. The van der Waals surface area contributed by atoms with Gasteiger partial charge in [0.05, 0.1) is 29.8 Å². The lowest BCUT2D eigenvalue weighted by Crippen LogP contribution is -2.56. The molecule has 1 aromatic carbocycles. The molecule has 1 saturated heterocycles. The van der Waals surface area contributed by atoms with Crippen molar-refractivity contribution in [1.82, 2.24) is 14.8 Å². The van der Waals surface area contributed by atoms with E-state index in [0.29, 0.717) is 25.1 Å². The van der Waals surface area contributed by atoms with Gasteiger partial charge in [-0.1, -0.05) is 24.6 Å². The molecule has 0 N–H and O–H groups in total. The lowest BCUT2D eigenvalue weighted by atomic mass is 9.94. The second-order valence-corrected chi connectivity index (χ2v) is 8.37. The molecule has 0 saturated carbocycles. The lowest BCUT2D eigenvalue weighted by Gasteiger charge is -2.37. The molecule has 2 heterocycles. The summed E-state index contributed by atoms with van der Waals surface area (Å²) in [6.07, 6.45) is 4.27. The smallest absolute Gasteiger partial charge is 0.410 e. The third kappa shape index (κ3) is 4.17. The van der Waals surface area contributed by atoms with Crippen molar-refractivity contribution in [2.45, 2.75) is 45.1 Å². The van der Waals surface area contributed by atoms with E-state index in [4.69, 9.17) is 21.3 Å². The number of piperazine rings is 1. The van der Waals surface area contributed by atoms with Crippen LogP contribution in [-0.2, 0) is 17.6 Å². The Morgan fingerprint density at radius 1 is 1.29 bits per heavy atom. The number of rotatable bonds is 3. The lowest BCUT2D eigenvalue weighted by molar-refractivity contribution is 0.0471. The molecule has 1 atom stereocenters. The van der Waals surface area contributed by atoms with Crippen LogP contribution in [0.25, 0.3) is 10.9 Å². The summed E-state index contributed by atoms with van der Waals surface area (Å²) in [5.74, 6) is -0.181. The number of fused-ring (bicyclic) bond motifs is 2. The molecule has 1 fully saturated rings. The number of nitrogens with zero attached hydrogens (tertiary/aromatic N) is 4. The van der Waals surface area contributed by atoms with Gasteiger partial charge in [-0.15, -0.1) is 0 Å². The molecule has 31 heavy (non-hydrogen) atoms. The SMILES string of the molecule is CCCOC(=O)N1CCN(C(=O)c2ccc3c(Cl)c4c(nc3c2)CCCC4)CC1C#N. The minimum atomic E-state index is -0.734. The molecule has 8 heteroatoms. The van der Waals surface area contributed by atoms with Crippen LogP contribution in [0, 0.1) is 11.3 Å². The minimum Gasteiger partial charge on any atom is -0.449 e. The fourth-order valence-corrected chi connectivity index (χ4v) is 4.61. The van der Waals surface area contributed by atoms with E-state index in [1.165, 1.54) is 4.90 Å². The first kappa shape index (κ1) is 21.4. The summed E-state index contributed by atoms with van der Waals surface area (Å²) in [4.78, 5) is 33.1. The first-order valence-electron chi connectivity index (χ1n) is 10.8. The summed E-state index contributed by atoms with van der Waals surface area (Å²) < 4.78 is 5.16. The van der Waals surface area contributed by atoms with Gasteiger partial charge < -0.3 is 9.64 Å². The van der Waals surface area contributed by atoms with Gasteiger partial charge in [-0.2, -0.15) is 5.26 Å². The van der Waals surface area contributed by atoms with E-state index in [-0.39, 0.29) is 19.0 Å². The van der Waals surface area contributed by atoms with Gasteiger partial charge in [0.25, 0.3) is 5.91 Å². The summed E-state index contributed by atoms with van der Waals surface area (Å²) in [5, 5.41) is 11.1. The van der Waals surface area contributed by atoms with E-state index >= 15 is 0 Å². The molecular formula is C23H25ClN4O3. The second-order valence-electron chi connectivity index (χ2n) is 7.99. The Morgan fingerprint density at radius 3 is 2.87 bits per heavy atom. The quantitative estimate of drug-likeness (QED) is 0.720. The molecule has 2 aliphatic rings. The Balaban J connectivity index is 1.54. The average molecular weight is 441 g/mol. The molecule has 1 aliphatic carbocycles. The molecule has 0 radical (unpaired) electrons. The van der Waals surface area contributed by atoms with Crippen LogP contribution in [0.2, 0.25) is 5.02 Å². The van der Waals surface area contributed by atoms with Gasteiger partial charge in [0.15, 0.2) is 0 Å². The standard InChI is InChI=1S/C23H25ClN4O3/c1-2-11-31-23(30)28-10-9-27(14-16(28)13-25)22(29)15-7-8-18-20(12-15)26-19-6-4-3-5-17(19)21(18)24/h7-8,12,16H,2-6,9-11,14H2,1H3. The molecule has 2 amide bonds. The molecule has 7 nitrogen and oxygen atoms in total. The van der Waals surface area contributed by atoms with Gasteiger partial charge in [0, 0.05) is 29.7 Å². The molecular weight excluding hydrogens is 416 g/mol. The number of ether oxygens (including phenoxy) is 1. The number of aromatic nitrogens is 1. The highest BCUT2D eigenvalue weighted by atomic mass is 35.5. The molecule has 1 aliphatic heterocycles. The molecule has 2 aromatic rings. The van der Waals surface area contributed by atoms with Crippen LogP contribution in [0.5, 0.6) is 0 Å². The van der Waals surface area contributed by atoms with Gasteiger partial charge in [-0.3, -0.25) is 14.7 Å². The van der Waals surface area contributed by atoms with Crippen molar-refractivity contribution >= 4 is 34.5 Å². The van der Waals surface area contributed by atoms with Gasteiger partial charge in [-0.05, 0) is 49.8 Å². The first-order valence-corrected chi connectivity index (χ1v) is 11.1. The first-order chi connectivity index (χ1) is 15.0. The van der Waals surface area contributed by atoms with Crippen LogP contribution in [-0.4, -0.2) is 59.1 Å². The summed E-state index contributed by atoms with van der Waals surface area (Å²) >= 11 is 6.64. The Bertz CT molecular complexity index is 1060. The van der Waals surface area contributed by atoms with E-state index in [1.807, 2.05) is 13.0 Å². The number of hydrogen-bond acceptors (Lipinski definition) is 5. The average Bonchev–Trinajstić information content (AvgIpc) is 2.81. The normalized spacial score (nSPS) is 18.4. The molecule has 0 spiro atoms. The van der Waals surface area contributed by atoms with Crippen LogP contribution in [0.3, 0.4) is 0 Å². The third-order valence-electron chi connectivity index (χ3n) is 5.92. The van der Waals surface area contributed by atoms with Crippen molar-refractivity contribution in [3.05, 3.63) is 40.0 Å². The van der Waals surface area contributed by atoms with Crippen molar-refractivity contribution < 1.29 is 14.3 Å². The van der Waals surface area contributed by atoms with Crippen LogP contribution < -0.4 is 0 Å². The maximum absolute atomic E-state index is 13.1. The van der Waals surface area contributed by atoms with Gasteiger partial charge in [-0.25, -0.2) is 4.79 Å². The summed E-state index contributed by atoms with van der Waals surface area (Å²) in [6.45, 7) is 2.97. The maximum atomic E-state index is 13.1. The number of pyridine rings is 1. The predicted octanol–water partition coefficient (Wildman–Crippen LogP) is 3.96. The van der Waals surface area contributed by atoms with Crippen LogP contribution in [0.15, 0.2) is 18.2 Å². The third-order valence-corrected chi connectivity index (χ3v) is 6.35. The largest absolute Gasteiger partial charge is 0.449 e. The number of carbonyl (C=O) groups excluding carboxylic acids is 2. The highest BCUT2D eigenvalue weighted by Crippen LogP contribution is 2.33. The van der Waals surface area contributed by atoms with Gasteiger partial charge >= 0.3 is 6.09 Å². The van der Waals surface area contributed by atoms with E-state index in [1.54, 1.807) is 17.0 Å². The topological polar surface area (TPSA) is 86.5 Å². The summed E-state index contributed by atoms with van der Waals surface area (Å²) in [6, 6.07) is 6.78. The Hall–Kier alpha value is -2.85. The summed E-state index contributed by atoms with van der Waals surface area (Å²) in [7, 11) is 0. The summed E-state index contributed by atoms with van der Waals surface area (Å²) in [5.41, 5.74) is 3.38.